The second-order valence-electron chi connectivity index (χ2n) is 4.37. The maximum absolute atomic E-state index is 6.27. The van der Waals surface area contributed by atoms with Gasteiger partial charge in [-0.25, -0.2) is 4.98 Å². The molecule has 0 bridgehead atoms. The van der Waals surface area contributed by atoms with Crippen LogP contribution in [0.2, 0.25) is 9.49 Å². The third kappa shape index (κ3) is 3.88. The van der Waals surface area contributed by atoms with E-state index in [2.05, 4.69) is 15.3 Å². The van der Waals surface area contributed by atoms with E-state index in [9.17, 15) is 0 Å². The number of ether oxygens (including phenoxy) is 1. The van der Waals surface area contributed by atoms with E-state index in [0.29, 0.717) is 27.5 Å². The lowest BCUT2D eigenvalue weighted by atomic mass is 10.3. The quantitative estimate of drug-likeness (QED) is 0.681. The van der Waals surface area contributed by atoms with Crippen molar-refractivity contribution in [2.75, 3.05) is 5.32 Å². The lowest BCUT2D eigenvalue weighted by Gasteiger charge is -2.10. The van der Waals surface area contributed by atoms with Gasteiger partial charge in [0.1, 0.15) is 11.5 Å². The van der Waals surface area contributed by atoms with E-state index in [1.165, 1.54) is 11.3 Å². The Kier molecular flexibility index (Phi) is 4.77. The molecule has 0 unspecified atom stereocenters. The molecule has 0 aliphatic carbocycles. The van der Waals surface area contributed by atoms with Gasteiger partial charge < -0.3 is 10.1 Å². The zero-order chi connectivity index (χ0) is 15.4. The van der Waals surface area contributed by atoms with Gasteiger partial charge >= 0.3 is 0 Å². The lowest BCUT2D eigenvalue weighted by molar-refractivity contribution is 0.480. The molecule has 0 amide bonds. The number of thiazole rings is 1. The molecule has 0 radical (unpaired) electrons. The Balaban J connectivity index is 1.67. The summed E-state index contributed by atoms with van der Waals surface area (Å²) >= 11 is 13.5. The van der Waals surface area contributed by atoms with E-state index in [-0.39, 0.29) is 0 Å². The fraction of sp³-hybridized carbons (Fsp3) is 0.0667. The molecule has 0 fully saturated rings. The summed E-state index contributed by atoms with van der Waals surface area (Å²) in [6.45, 7) is 0.618. The van der Waals surface area contributed by atoms with Crippen LogP contribution in [-0.4, -0.2) is 9.97 Å². The van der Waals surface area contributed by atoms with Crippen LogP contribution < -0.4 is 10.1 Å². The molecule has 2 heterocycles. The second kappa shape index (κ2) is 6.96. The summed E-state index contributed by atoms with van der Waals surface area (Å²) in [6.07, 6.45) is 5.08. The molecule has 22 heavy (non-hydrogen) atoms. The van der Waals surface area contributed by atoms with Crippen molar-refractivity contribution in [2.24, 2.45) is 0 Å². The van der Waals surface area contributed by atoms with Gasteiger partial charge in [-0.3, -0.25) is 4.98 Å². The number of hydrogen-bond acceptors (Lipinski definition) is 5. The van der Waals surface area contributed by atoms with Gasteiger partial charge in [0.2, 0.25) is 0 Å². The molecule has 0 saturated carbocycles. The van der Waals surface area contributed by atoms with Gasteiger partial charge in [0, 0.05) is 23.3 Å². The molecule has 0 saturated heterocycles. The van der Waals surface area contributed by atoms with Gasteiger partial charge in [-0.05, 0) is 24.3 Å². The molecule has 0 aliphatic rings. The van der Waals surface area contributed by atoms with Crippen molar-refractivity contribution in [1.29, 1.82) is 0 Å². The molecule has 3 aromatic rings. The summed E-state index contributed by atoms with van der Waals surface area (Å²) in [5.41, 5.74) is 0.824. The van der Waals surface area contributed by atoms with Crippen LogP contribution in [0.5, 0.6) is 11.5 Å². The number of aromatic nitrogens is 2. The maximum atomic E-state index is 6.27. The number of hydrogen-bond donors (Lipinski definition) is 1. The first kappa shape index (κ1) is 15.1. The number of nitrogens with zero attached hydrogens (tertiary/aromatic N) is 2. The van der Waals surface area contributed by atoms with Gasteiger partial charge in [0.25, 0.3) is 0 Å². The monoisotopic (exact) mass is 351 g/mol. The SMILES string of the molecule is Clc1ncc(CNc2ccc(Oc3cccnc3)cc2Cl)s1. The van der Waals surface area contributed by atoms with Crippen LogP contribution in [0, 0.1) is 0 Å². The molecule has 3 rings (SSSR count). The molecule has 1 aromatic carbocycles. The predicted octanol–water partition coefficient (Wildman–Crippen LogP) is 5.25. The Labute approximate surface area is 141 Å². The Bertz CT molecular complexity index is 764. The third-order valence-electron chi connectivity index (χ3n) is 2.79. The highest BCUT2D eigenvalue weighted by atomic mass is 35.5. The van der Waals surface area contributed by atoms with Crippen LogP contribution in [0.1, 0.15) is 4.88 Å². The Morgan fingerprint density at radius 1 is 1.14 bits per heavy atom. The van der Waals surface area contributed by atoms with Crippen molar-refractivity contribution in [3.05, 3.63) is 63.3 Å². The van der Waals surface area contributed by atoms with Crippen molar-refractivity contribution in [2.45, 2.75) is 6.54 Å². The maximum Gasteiger partial charge on any atom is 0.183 e. The van der Waals surface area contributed by atoms with Crippen LogP contribution >= 0.6 is 34.5 Å². The summed E-state index contributed by atoms with van der Waals surface area (Å²) in [7, 11) is 0. The van der Waals surface area contributed by atoms with Gasteiger partial charge in [0.05, 0.1) is 23.5 Å². The largest absolute Gasteiger partial charge is 0.456 e. The predicted molar refractivity (Wildman–Crippen MR) is 90.2 cm³/mol. The third-order valence-corrected chi connectivity index (χ3v) is 4.22. The van der Waals surface area contributed by atoms with Gasteiger partial charge in [-0.1, -0.05) is 23.2 Å². The molecule has 0 spiro atoms. The highest BCUT2D eigenvalue weighted by Crippen LogP contribution is 2.30. The van der Waals surface area contributed by atoms with E-state index >= 15 is 0 Å². The van der Waals surface area contributed by atoms with E-state index in [1.54, 1.807) is 24.7 Å². The molecule has 1 N–H and O–H groups in total. The smallest absolute Gasteiger partial charge is 0.183 e. The summed E-state index contributed by atoms with van der Waals surface area (Å²) in [5, 5.41) is 3.83. The Hall–Kier alpha value is -1.82. The number of pyridine rings is 1. The van der Waals surface area contributed by atoms with Crippen molar-refractivity contribution in [1.82, 2.24) is 9.97 Å². The first-order valence-electron chi connectivity index (χ1n) is 6.42. The van der Waals surface area contributed by atoms with Gasteiger partial charge in [-0.2, -0.15) is 0 Å². The first-order chi connectivity index (χ1) is 10.7. The molecule has 4 nitrogen and oxygen atoms in total. The fourth-order valence-electron chi connectivity index (χ4n) is 1.79. The zero-order valence-corrected chi connectivity index (χ0v) is 13.6. The fourth-order valence-corrected chi connectivity index (χ4v) is 2.95. The minimum absolute atomic E-state index is 0.531. The normalized spacial score (nSPS) is 10.5. The molecule has 0 aliphatic heterocycles. The topological polar surface area (TPSA) is 47.0 Å². The van der Waals surface area contributed by atoms with E-state index in [1.807, 2.05) is 24.3 Å². The van der Waals surface area contributed by atoms with Crippen LogP contribution in [0.25, 0.3) is 0 Å². The standard InChI is InChI=1S/C15H11Cl2N3OS/c16-13-6-10(21-11-2-1-5-18-7-11)3-4-14(13)19-8-12-9-20-15(17)22-12/h1-7,9,19H,8H2. The number of nitrogens with one attached hydrogen (secondary N) is 1. The summed E-state index contributed by atoms with van der Waals surface area (Å²) in [6, 6.07) is 9.13. The van der Waals surface area contributed by atoms with Crippen molar-refractivity contribution in [3.8, 4) is 11.5 Å². The molecule has 7 heteroatoms. The van der Waals surface area contributed by atoms with E-state index in [4.69, 9.17) is 27.9 Å². The van der Waals surface area contributed by atoms with Crippen LogP contribution in [0.15, 0.2) is 48.9 Å². The first-order valence-corrected chi connectivity index (χ1v) is 7.99. The number of halogens is 2. The lowest BCUT2D eigenvalue weighted by Crippen LogP contribution is -1.98. The number of benzene rings is 1. The molecular formula is C15H11Cl2N3OS. The second-order valence-corrected chi connectivity index (χ2v) is 6.47. The van der Waals surface area contributed by atoms with E-state index in [0.717, 1.165) is 10.6 Å². The Morgan fingerprint density at radius 3 is 2.73 bits per heavy atom. The van der Waals surface area contributed by atoms with Crippen molar-refractivity contribution in [3.63, 3.8) is 0 Å². The Morgan fingerprint density at radius 2 is 2.05 bits per heavy atom. The molecule has 112 valence electrons. The highest BCUT2D eigenvalue weighted by molar-refractivity contribution is 7.15. The van der Waals surface area contributed by atoms with E-state index < -0.39 is 0 Å². The van der Waals surface area contributed by atoms with Crippen molar-refractivity contribution < 1.29 is 4.74 Å². The average Bonchev–Trinajstić information content (AvgIpc) is 2.93. The number of rotatable bonds is 5. The van der Waals surface area contributed by atoms with Gasteiger partial charge in [-0.15, -0.1) is 11.3 Å². The highest BCUT2D eigenvalue weighted by Gasteiger charge is 2.05. The minimum Gasteiger partial charge on any atom is -0.456 e. The minimum atomic E-state index is 0.531. The molecular weight excluding hydrogens is 341 g/mol. The number of anilines is 1. The van der Waals surface area contributed by atoms with Crippen molar-refractivity contribution >= 4 is 40.2 Å². The zero-order valence-electron chi connectivity index (χ0n) is 11.3. The summed E-state index contributed by atoms with van der Waals surface area (Å²) < 4.78 is 6.21. The molecule has 2 aromatic heterocycles. The molecule has 0 atom stereocenters. The van der Waals surface area contributed by atoms with Crippen LogP contribution in [-0.2, 0) is 6.54 Å². The summed E-state index contributed by atoms with van der Waals surface area (Å²) in [5.74, 6) is 1.32. The van der Waals surface area contributed by atoms with Gasteiger partial charge in [0.15, 0.2) is 4.47 Å². The summed E-state index contributed by atoms with van der Waals surface area (Å²) in [4.78, 5) is 9.04. The van der Waals surface area contributed by atoms with Crippen LogP contribution in [0.3, 0.4) is 0 Å². The van der Waals surface area contributed by atoms with Crippen LogP contribution in [0.4, 0.5) is 5.69 Å². The average molecular weight is 352 g/mol.